The average Bonchev–Trinajstić information content (AvgIpc) is 2.29. The zero-order valence-corrected chi connectivity index (χ0v) is 10.3. The van der Waals surface area contributed by atoms with E-state index in [1.807, 2.05) is 13.8 Å². The standard InChI is InChI=1S/C12H20N2O2/c1-9(2)11(8-13)12(15)14-6-4-10(16-3)5-7-14/h9-11H,4-7H2,1-3H3. The minimum atomic E-state index is -0.501. The van der Waals surface area contributed by atoms with E-state index in [2.05, 4.69) is 6.07 Å². The van der Waals surface area contributed by atoms with E-state index in [4.69, 9.17) is 10.00 Å². The van der Waals surface area contributed by atoms with Crippen LogP contribution in [-0.2, 0) is 9.53 Å². The molecule has 0 bridgehead atoms. The van der Waals surface area contributed by atoms with E-state index in [-0.39, 0.29) is 17.9 Å². The molecule has 1 fully saturated rings. The van der Waals surface area contributed by atoms with Crippen molar-refractivity contribution >= 4 is 5.91 Å². The van der Waals surface area contributed by atoms with Gasteiger partial charge in [0.2, 0.25) is 5.91 Å². The molecule has 1 unspecified atom stereocenters. The van der Waals surface area contributed by atoms with Crippen molar-refractivity contribution in [2.24, 2.45) is 11.8 Å². The molecule has 0 N–H and O–H groups in total. The van der Waals surface area contributed by atoms with Gasteiger partial charge in [-0.25, -0.2) is 0 Å². The molecule has 1 aliphatic rings. The van der Waals surface area contributed by atoms with Crippen LogP contribution in [0.4, 0.5) is 0 Å². The van der Waals surface area contributed by atoms with Crippen molar-refractivity contribution in [2.45, 2.75) is 32.8 Å². The van der Waals surface area contributed by atoms with Gasteiger partial charge >= 0.3 is 0 Å². The molecule has 1 rings (SSSR count). The first kappa shape index (κ1) is 13.0. The van der Waals surface area contributed by atoms with Crippen molar-refractivity contribution in [3.63, 3.8) is 0 Å². The Morgan fingerprint density at radius 2 is 2.00 bits per heavy atom. The lowest BCUT2D eigenvalue weighted by Crippen LogP contribution is -2.44. The van der Waals surface area contributed by atoms with Gasteiger partial charge in [-0.2, -0.15) is 5.26 Å². The molecule has 0 aliphatic carbocycles. The molecule has 0 aromatic rings. The van der Waals surface area contributed by atoms with Crippen molar-refractivity contribution in [3.05, 3.63) is 0 Å². The lowest BCUT2D eigenvalue weighted by molar-refractivity contribution is -0.137. The quantitative estimate of drug-likeness (QED) is 0.728. The Balaban J connectivity index is 2.53. The zero-order chi connectivity index (χ0) is 12.1. The van der Waals surface area contributed by atoms with E-state index in [9.17, 15) is 4.79 Å². The lowest BCUT2D eigenvalue weighted by Gasteiger charge is -2.33. The van der Waals surface area contributed by atoms with Crippen LogP contribution in [0.1, 0.15) is 26.7 Å². The van der Waals surface area contributed by atoms with Gasteiger partial charge < -0.3 is 9.64 Å². The van der Waals surface area contributed by atoms with Crippen LogP contribution in [-0.4, -0.2) is 37.1 Å². The van der Waals surface area contributed by atoms with Crippen LogP contribution >= 0.6 is 0 Å². The van der Waals surface area contributed by atoms with E-state index in [1.165, 1.54) is 0 Å². The Morgan fingerprint density at radius 1 is 1.44 bits per heavy atom. The van der Waals surface area contributed by atoms with Gasteiger partial charge in [0.15, 0.2) is 0 Å². The summed E-state index contributed by atoms with van der Waals surface area (Å²) in [7, 11) is 1.70. The molecule has 0 aromatic carbocycles. The van der Waals surface area contributed by atoms with Crippen LogP contribution in [0.2, 0.25) is 0 Å². The molecule has 4 nitrogen and oxygen atoms in total. The van der Waals surface area contributed by atoms with Crippen molar-refractivity contribution in [1.82, 2.24) is 4.90 Å². The zero-order valence-electron chi connectivity index (χ0n) is 10.3. The molecular formula is C12H20N2O2. The first-order valence-electron chi connectivity index (χ1n) is 5.81. The van der Waals surface area contributed by atoms with Crippen LogP contribution in [0.5, 0.6) is 0 Å². The van der Waals surface area contributed by atoms with Crippen LogP contribution in [0.15, 0.2) is 0 Å². The number of likely N-dealkylation sites (tertiary alicyclic amines) is 1. The normalized spacial score (nSPS) is 19.6. The summed E-state index contributed by atoms with van der Waals surface area (Å²) < 4.78 is 5.25. The minimum Gasteiger partial charge on any atom is -0.381 e. The lowest BCUT2D eigenvalue weighted by atomic mass is 9.95. The number of hydrogen-bond acceptors (Lipinski definition) is 3. The SMILES string of the molecule is COC1CCN(C(=O)C(C#N)C(C)C)CC1. The molecule has 0 radical (unpaired) electrons. The molecule has 1 atom stereocenters. The number of ether oxygens (including phenoxy) is 1. The van der Waals surface area contributed by atoms with Crippen LogP contribution in [0, 0.1) is 23.2 Å². The van der Waals surface area contributed by atoms with E-state index in [1.54, 1.807) is 12.0 Å². The van der Waals surface area contributed by atoms with Gasteiger partial charge in [0.1, 0.15) is 5.92 Å². The van der Waals surface area contributed by atoms with Crippen LogP contribution in [0.3, 0.4) is 0 Å². The Kier molecular flexibility index (Phi) is 4.75. The summed E-state index contributed by atoms with van der Waals surface area (Å²) in [5.41, 5.74) is 0. The molecule has 0 spiro atoms. The highest BCUT2D eigenvalue weighted by molar-refractivity contribution is 5.81. The Morgan fingerprint density at radius 3 is 2.38 bits per heavy atom. The molecule has 0 saturated carbocycles. The summed E-state index contributed by atoms with van der Waals surface area (Å²) in [4.78, 5) is 13.8. The van der Waals surface area contributed by atoms with Crippen molar-refractivity contribution in [2.75, 3.05) is 20.2 Å². The number of amides is 1. The maximum absolute atomic E-state index is 12.0. The summed E-state index contributed by atoms with van der Waals surface area (Å²) in [6.07, 6.45) is 2.01. The maximum Gasteiger partial charge on any atom is 0.240 e. The highest BCUT2D eigenvalue weighted by atomic mass is 16.5. The van der Waals surface area contributed by atoms with Gasteiger partial charge in [-0.1, -0.05) is 13.8 Å². The third kappa shape index (κ3) is 2.96. The van der Waals surface area contributed by atoms with Gasteiger partial charge in [-0.15, -0.1) is 0 Å². The third-order valence-corrected chi connectivity index (χ3v) is 3.16. The summed E-state index contributed by atoms with van der Waals surface area (Å²) in [5.74, 6) is -0.441. The third-order valence-electron chi connectivity index (χ3n) is 3.16. The number of hydrogen-bond donors (Lipinski definition) is 0. The van der Waals surface area contributed by atoms with Crippen LogP contribution < -0.4 is 0 Å². The Hall–Kier alpha value is -1.08. The minimum absolute atomic E-state index is 0.0212. The molecular weight excluding hydrogens is 204 g/mol. The topological polar surface area (TPSA) is 53.3 Å². The predicted octanol–water partition coefficient (Wildman–Crippen LogP) is 1.42. The number of carbonyl (C=O) groups is 1. The Bertz CT molecular complexity index is 275. The van der Waals surface area contributed by atoms with Gasteiger partial charge in [0.25, 0.3) is 0 Å². The molecule has 16 heavy (non-hydrogen) atoms. The maximum atomic E-state index is 12.0. The fraction of sp³-hybridized carbons (Fsp3) is 0.833. The van der Waals surface area contributed by atoms with Gasteiger partial charge in [0.05, 0.1) is 12.2 Å². The van der Waals surface area contributed by atoms with Crippen molar-refractivity contribution in [1.29, 1.82) is 5.26 Å². The van der Waals surface area contributed by atoms with Crippen LogP contribution in [0.25, 0.3) is 0 Å². The summed E-state index contributed by atoms with van der Waals surface area (Å²) >= 11 is 0. The molecule has 90 valence electrons. The molecule has 1 aliphatic heterocycles. The fourth-order valence-electron chi connectivity index (χ4n) is 2.00. The second kappa shape index (κ2) is 5.86. The molecule has 4 heteroatoms. The van der Waals surface area contributed by atoms with E-state index in [0.717, 1.165) is 12.8 Å². The number of nitrogens with zero attached hydrogens (tertiary/aromatic N) is 2. The van der Waals surface area contributed by atoms with Crippen molar-refractivity contribution < 1.29 is 9.53 Å². The highest BCUT2D eigenvalue weighted by Crippen LogP contribution is 2.18. The number of methoxy groups -OCH3 is 1. The van der Waals surface area contributed by atoms with Gasteiger partial charge in [-0.3, -0.25) is 4.79 Å². The fourth-order valence-corrected chi connectivity index (χ4v) is 2.00. The second-order valence-corrected chi connectivity index (χ2v) is 4.61. The van der Waals surface area contributed by atoms with Crippen molar-refractivity contribution in [3.8, 4) is 6.07 Å². The monoisotopic (exact) mass is 224 g/mol. The average molecular weight is 224 g/mol. The summed E-state index contributed by atoms with van der Waals surface area (Å²) in [6.45, 7) is 5.24. The highest BCUT2D eigenvalue weighted by Gasteiger charge is 2.29. The summed E-state index contributed by atoms with van der Waals surface area (Å²) in [5, 5.41) is 8.97. The second-order valence-electron chi connectivity index (χ2n) is 4.61. The number of piperidine rings is 1. The molecule has 1 saturated heterocycles. The smallest absolute Gasteiger partial charge is 0.240 e. The van der Waals surface area contributed by atoms with E-state index < -0.39 is 5.92 Å². The number of nitriles is 1. The summed E-state index contributed by atoms with van der Waals surface area (Å²) in [6, 6.07) is 2.10. The van der Waals surface area contributed by atoms with E-state index >= 15 is 0 Å². The first-order valence-corrected chi connectivity index (χ1v) is 5.81. The van der Waals surface area contributed by atoms with Gasteiger partial charge in [-0.05, 0) is 18.8 Å². The number of rotatable bonds is 3. The predicted molar refractivity (Wildman–Crippen MR) is 60.6 cm³/mol. The Labute approximate surface area is 97.2 Å². The van der Waals surface area contributed by atoms with E-state index in [0.29, 0.717) is 13.1 Å². The first-order chi connectivity index (χ1) is 7.60. The molecule has 1 amide bonds. The number of carbonyl (C=O) groups excluding carboxylic acids is 1. The largest absolute Gasteiger partial charge is 0.381 e. The molecule has 1 heterocycles. The molecule has 0 aromatic heterocycles. The van der Waals surface area contributed by atoms with Gasteiger partial charge in [0, 0.05) is 20.2 Å².